The van der Waals surface area contributed by atoms with E-state index in [1.165, 1.54) is 11.1 Å². The highest BCUT2D eigenvalue weighted by molar-refractivity contribution is 6.30. The van der Waals surface area contributed by atoms with Crippen molar-refractivity contribution in [2.24, 2.45) is 11.8 Å². The van der Waals surface area contributed by atoms with Crippen LogP contribution in [0, 0.1) is 11.8 Å². The number of hydrogen-bond donors (Lipinski definition) is 1. The number of hydrogen-bond acceptors (Lipinski definition) is 5. The van der Waals surface area contributed by atoms with E-state index in [4.69, 9.17) is 21.1 Å². The minimum Gasteiger partial charge on any atom is -0.491 e. The van der Waals surface area contributed by atoms with Crippen LogP contribution in [0.15, 0.2) is 48.6 Å². The van der Waals surface area contributed by atoms with Gasteiger partial charge in [0.2, 0.25) is 5.91 Å². The molecule has 7 heteroatoms. The lowest BCUT2D eigenvalue weighted by molar-refractivity contribution is -0.127. The lowest BCUT2D eigenvalue weighted by Crippen LogP contribution is -2.38. The van der Waals surface area contributed by atoms with E-state index in [1.54, 1.807) is 25.9 Å². The molecule has 3 rings (SSSR count). The second kappa shape index (κ2) is 16.3. The molecule has 0 aliphatic carbocycles. The van der Waals surface area contributed by atoms with E-state index in [9.17, 15) is 9.90 Å². The number of aliphatic hydroxyl groups is 1. The summed E-state index contributed by atoms with van der Waals surface area (Å²) in [5.74, 6) is 1.72. The molecular weight excluding hydrogens is 548 g/mol. The Bertz CT molecular complexity index is 1180. The van der Waals surface area contributed by atoms with Gasteiger partial charge in [-0.3, -0.25) is 4.79 Å². The highest BCUT2D eigenvalue weighted by atomic mass is 35.5. The van der Waals surface area contributed by atoms with Gasteiger partial charge < -0.3 is 24.4 Å². The summed E-state index contributed by atoms with van der Waals surface area (Å²) in [5.41, 5.74) is 4.49. The molecule has 6 nitrogen and oxygen atoms in total. The fraction of sp³-hybridized carbons (Fsp3) is 0.571. The number of nitrogens with zero attached hydrogens (tertiary/aromatic N) is 2. The van der Waals surface area contributed by atoms with Gasteiger partial charge in [0.25, 0.3) is 0 Å². The minimum absolute atomic E-state index is 0.0256. The highest BCUT2D eigenvalue weighted by Gasteiger charge is 2.31. The predicted octanol–water partition coefficient (Wildman–Crippen LogP) is 7.43. The SMILES string of the molecule is CCCc1cc(Cl)ccc1C1COc2ccc(C(C)O)cc2N(CC(C)C(CC)C(/C=C/CCN(C)C(C)=O)OC)C1. The first-order valence-electron chi connectivity index (χ1n) is 15.5. The molecule has 0 radical (unpaired) electrons. The van der Waals surface area contributed by atoms with E-state index in [-0.39, 0.29) is 17.9 Å². The standard InChI is InChI=1S/C35H51ClN2O4/c1-8-12-28-19-30(36)15-16-32(28)29-22-38(33-20-27(25(4)39)14-17-35(33)42-23-29)21-24(3)31(9-2)34(41-7)13-10-11-18-37(6)26(5)40/h10,13-17,19-20,24-25,29,31,34,39H,8-9,11-12,18,21-23H2,1-7H3/b13-10+. The van der Waals surface area contributed by atoms with E-state index in [0.717, 1.165) is 60.8 Å². The van der Waals surface area contributed by atoms with Gasteiger partial charge in [0.1, 0.15) is 5.75 Å². The molecule has 232 valence electrons. The topological polar surface area (TPSA) is 62.2 Å². The summed E-state index contributed by atoms with van der Waals surface area (Å²) in [4.78, 5) is 15.7. The summed E-state index contributed by atoms with van der Waals surface area (Å²) in [6.45, 7) is 13.0. The van der Waals surface area contributed by atoms with E-state index in [0.29, 0.717) is 25.0 Å². The number of anilines is 1. The minimum atomic E-state index is -0.561. The molecule has 2 aromatic rings. The largest absolute Gasteiger partial charge is 0.491 e. The van der Waals surface area contributed by atoms with Crippen molar-refractivity contribution in [2.75, 3.05) is 45.3 Å². The smallest absolute Gasteiger partial charge is 0.219 e. The highest BCUT2D eigenvalue weighted by Crippen LogP contribution is 2.39. The molecule has 1 N–H and O–H groups in total. The van der Waals surface area contributed by atoms with Crippen LogP contribution in [0.5, 0.6) is 5.75 Å². The molecule has 1 aliphatic rings. The summed E-state index contributed by atoms with van der Waals surface area (Å²) in [5, 5.41) is 11.2. The van der Waals surface area contributed by atoms with Gasteiger partial charge in [0.05, 0.1) is 24.5 Å². The number of benzene rings is 2. The van der Waals surface area contributed by atoms with Gasteiger partial charge in [-0.2, -0.15) is 0 Å². The molecule has 0 bridgehead atoms. The molecule has 1 heterocycles. The first-order chi connectivity index (χ1) is 20.1. The number of fused-ring (bicyclic) bond motifs is 1. The van der Waals surface area contributed by atoms with Gasteiger partial charge in [-0.15, -0.1) is 0 Å². The number of aliphatic hydroxyl groups excluding tert-OH is 1. The first kappa shape index (κ1) is 34.0. The summed E-state index contributed by atoms with van der Waals surface area (Å²) < 4.78 is 12.5. The Morgan fingerprint density at radius 1 is 1.24 bits per heavy atom. The Morgan fingerprint density at radius 2 is 2.00 bits per heavy atom. The molecular formula is C35H51ClN2O4. The second-order valence-electron chi connectivity index (χ2n) is 11.8. The van der Waals surface area contributed by atoms with Crippen molar-refractivity contribution in [2.45, 2.75) is 78.4 Å². The van der Waals surface area contributed by atoms with Crippen molar-refractivity contribution >= 4 is 23.2 Å². The van der Waals surface area contributed by atoms with Crippen molar-refractivity contribution in [1.82, 2.24) is 4.90 Å². The molecule has 0 saturated carbocycles. The maximum atomic E-state index is 11.6. The number of halogens is 1. The molecule has 0 saturated heterocycles. The van der Waals surface area contributed by atoms with Crippen LogP contribution in [-0.4, -0.2) is 62.4 Å². The lowest BCUT2D eigenvalue weighted by atomic mass is 9.85. The summed E-state index contributed by atoms with van der Waals surface area (Å²) in [7, 11) is 3.61. The van der Waals surface area contributed by atoms with Crippen molar-refractivity contribution < 1.29 is 19.4 Å². The van der Waals surface area contributed by atoms with Crippen LogP contribution in [0.2, 0.25) is 5.02 Å². The fourth-order valence-electron chi connectivity index (χ4n) is 6.08. The van der Waals surface area contributed by atoms with Gasteiger partial charge in [-0.05, 0) is 72.6 Å². The first-order valence-corrected chi connectivity index (χ1v) is 15.9. The number of amides is 1. The monoisotopic (exact) mass is 598 g/mol. The molecule has 42 heavy (non-hydrogen) atoms. The Hall–Kier alpha value is -2.54. The molecule has 0 fully saturated rings. The summed E-state index contributed by atoms with van der Waals surface area (Å²) in [6.07, 6.45) is 7.51. The molecule has 0 spiro atoms. The fourth-order valence-corrected chi connectivity index (χ4v) is 6.28. The average Bonchev–Trinajstić information content (AvgIpc) is 3.13. The van der Waals surface area contributed by atoms with E-state index in [2.05, 4.69) is 56.0 Å². The lowest BCUT2D eigenvalue weighted by Gasteiger charge is -2.35. The third kappa shape index (κ3) is 8.98. The Morgan fingerprint density at radius 3 is 2.64 bits per heavy atom. The van der Waals surface area contributed by atoms with Crippen LogP contribution < -0.4 is 9.64 Å². The van der Waals surface area contributed by atoms with E-state index < -0.39 is 6.10 Å². The number of ether oxygens (including phenoxy) is 2. The van der Waals surface area contributed by atoms with Crippen LogP contribution in [0.4, 0.5) is 5.69 Å². The van der Waals surface area contributed by atoms with Crippen LogP contribution in [0.25, 0.3) is 0 Å². The normalized spacial score (nSPS) is 18.1. The zero-order valence-electron chi connectivity index (χ0n) is 26.6. The van der Waals surface area contributed by atoms with Crippen LogP contribution in [0.1, 0.15) is 82.6 Å². The number of carbonyl (C=O) groups excluding carboxylic acids is 1. The van der Waals surface area contributed by atoms with Gasteiger partial charge in [-0.1, -0.05) is 69.5 Å². The third-order valence-corrected chi connectivity index (χ3v) is 8.89. The molecule has 2 aromatic carbocycles. The zero-order valence-corrected chi connectivity index (χ0v) is 27.4. The Labute approximate surface area is 258 Å². The number of methoxy groups -OCH3 is 1. The third-order valence-electron chi connectivity index (χ3n) is 8.65. The van der Waals surface area contributed by atoms with Crippen molar-refractivity contribution in [3.05, 3.63) is 70.3 Å². The number of rotatable bonds is 14. The summed E-state index contributed by atoms with van der Waals surface area (Å²) in [6, 6.07) is 12.3. The maximum absolute atomic E-state index is 11.6. The van der Waals surface area contributed by atoms with Gasteiger partial charge in [0, 0.05) is 51.7 Å². The second-order valence-corrected chi connectivity index (χ2v) is 12.3. The average molecular weight is 599 g/mol. The zero-order chi connectivity index (χ0) is 30.8. The van der Waals surface area contributed by atoms with Crippen molar-refractivity contribution in [1.29, 1.82) is 0 Å². The van der Waals surface area contributed by atoms with Crippen LogP contribution in [0.3, 0.4) is 0 Å². The van der Waals surface area contributed by atoms with Gasteiger partial charge >= 0.3 is 0 Å². The van der Waals surface area contributed by atoms with Gasteiger partial charge in [0.15, 0.2) is 0 Å². The Balaban J connectivity index is 1.90. The quantitative estimate of drug-likeness (QED) is 0.229. The molecule has 1 amide bonds. The Kier molecular flexibility index (Phi) is 13.2. The molecule has 5 unspecified atom stereocenters. The number of aryl methyl sites for hydroxylation is 1. The van der Waals surface area contributed by atoms with E-state index >= 15 is 0 Å². The van der Waals surface area contributed by atoms with Crippen molar-refractivity contribution in [3.63, 3.8) is 0 Å². The summed E-state index contributed by atoms with van der Waals surface area (Å²) >= 11 is 6.41. The van der Waals surface area contributed by atoms with E-state index in [1.807, 2.05) is 25.2 Å². The molecule has 0 aromatic heterocycles. The molecule has 1 aliphatic heterocycles. The van der Waals surface area contributed by atoms with Gasteiger partial charge in [-0.25, -0.2) is 0 Å². The predicted molar refractivity (Wildman–Crippen MR) is 174 cm³/mol. The van der Waals surface area contributed by atoms with Crippen molar-refractivity contribution in [3.8, 4) is 5.75 Å². The van der Waals surface area contributed by atoms with Crippen LogP contribution >= 0.6 is 11.6 Å². The number of carbonyl (C=O) groups is 1. The van der Waals surface area contributed by atoms with Crippen LogP contribution in [-0.2, 0) is 16.0 Å². The molecule has 5 atom stereocenters. The maximum Gasteiger partial charge on any atom is 0.219 e.